The number of hydrogen-bond acceptors (Lipinski definition) is 3. The van der Waals surface area contributed by atoms with Gasteiger partial charge < -0.3 is 9.84 Å². The topological polar surface area (TPSA) is 63.6 Å². The summed E-state index contributed by atoms with van der Waals surface area (Å²) in [6.45, 7) is 10.8. The highest BCUT2D eigenvalue weighted by Crippen LogP contribution is 2.25. The van der Waals surface area contributed by atoms with Crippen LogP contribution in [0, 0.1) is 0 Å². The lowest BCUT2D eigenvalue weighted by Crippen LogP contribution is -1.98. The van der Waals surface area contributed by atoms with Gasteiger partial charge in [0.1, 0.15) is 0 Å². The Morgan fingerprint density at radius 3 is 2.13 bits per heavy atom. The van der Waals surface area contributed by atoms with Crippen LogP contribution in [0.3, 0.4) is 0 Å². The van der Waals surface area contributed by atoms with Gasteiger partial charge in [0, 0.05) is 12.2 Å². The summed E-state index contributed by atoms with van der Waals surface area (Å²) in [5.41, 5.74) is 4.48. The number of carbonyl (C=O) groups is 2. The minimum Gasteiger partial charge on any atom is -0.478 e. The number of rotatable bonds is 7. The first-order valence-corrected chi connectivity index (χ1v) is 10.2. The number of carboxylic acids is 1. The smallest absolute Gasteiger partial charge is 0.330 e. The average molecular weight is 409 g/mol. The van der Waals surface area contributed by atoms with Gasteiger partial charge in [0.05, 0.1) is 6.61 Å². The van der Waals surface area contributed by atoms with Crippen molar-refractivity contribution in [3.63, 3.8) is 0 Å². The van der Waals surface area contributed by atoms with Gasteiger partial charge in [0.15, 0.2) is 0 Å². The van der Waals surface area contributed by atoms with Crippen LogP contribution >= 0.6 is 0 Å². The van der Waals surface area contributed by atoms with E-state index >= 15 is 0 Å². The number of carboxylic acid groups (broad SMARTS) is 1. The summed E-state index contributed by atoms with van der Waals surface area (Å²) in [6, 6.07) is 15.9. The molecule has 0 unspecified atom stereocenters. The molecule has 4 heteroatoms. The van der Waals surface area contributed by atoms with Crippen molar-refractivity contribution in [2.75, 3.05) is 6.61 Å². The Bertz CT molecular complexity index is 862. The normalized spacial score (nSPS) is 11.0. The SMILES string of the molecule is CC(C)c1ccc(/C=C/C(=O)O)c(C(C)C)c1.CCOC(=O)/C=C/c1ccccc1. The molecule has 0 fully saturated rings. The van der Waals surface area contributed by atoms with Gasteiger partial charge in [-0.2, -0.15) is 0 Å². The summed E-state index contributed by atoms with van der Waals surface area (Å²) in [7, 11) is 0. The van der Waals surface area contributed by atoms with Gasteiger partial charge in [0.25, 0.3) is 0 Å². The van der Waals surface area contributed by atoms with Crippen LogP contribution in [0.2, 0.25) is 0 Å². The van der Waals surface area contributed by atoms with E-state index in [1.807, 2.05) is 36.4 Å². The van der Waals surface area contributed by atoms with E-state index in [0.717, 1.165) is 11.1 Å². The van der Waals surface area contributed by atoms with Gasteiger partial charge in [0.2, 0.25) is 0 Å². The lowest BCUT2D eigenvalue weighted by atomic mass is 9.91. The Kier molecular flexibility index (Phi) is 10.9. The highest BCUT2D eigenvalue weighted by molar-refractivity contribution is 5.87. The number of esters is 1. The fourth-order valence-corrected chi connectivity index (χ4v) is 2.68. The van der Waals surface area contributed by atoms with Crippen molar-refractivity contribution in [3.8, 4) is 0 Å². The fraction of sp³-hybridized carbons (Fsp3) is 0.308. The zero-order chi connectivity index (χ0) is 22.5. The van der Waals surface area contributed by atoms with E-state index in [0.29, 0.717) is 18.4 Å². The summed E-state index contributed by atoms with van der Waals surface area (Å²) < 4.78 is 4.74. The quantitative estimate of drug-likeness (QED) is 0.432. The molecule has 0 aliphatic carbocycles. The van der Waals surface area contributed by atoms with E-state index < -0.39 is 5.97 Å². The number of benzene rings is 2. The monoisotopic (exact) mass is 408 g/mol. The zero-order valence-electron chi connectivity index (χ0n) is 18.5. The molecule has 0 aliphatic heterocycles. The van der Waals surface area contributed by atoms with Crippen LogP contribution in [0.1, 0.15) is 68.7 Å². The van der Waals surface area contributed by atoms with E-state index in [1.54, 1.807) is 19.1 Å². The Balaban J connectivity index is 0.000000311. The van der Waals surface area contributed by atoms with E-state index in [9.17, 15) is 9.59 Å². The van der Waals surface area contributed by atoms with Gasteiger partial charge in [-0.25, -0.2) is 9.59 Å². The summed E-state index contributed by atoms with van der Waals surface area (Å²) in [6.07, 6.45) is 6.02. The van der Waals surface area contributed by atoms with Crippen molar-refractivity contribution in [1.82, 2.24) is 0 Å². The van der Waals surface area contributed by atoms with E-state index in [1.165, 1.54) is 23.3 Å². The van der Waals surface area contributed by atoms with Gasteiger partial charge in [-0.15, -0.1) is 0 Å². The van der Waals surface area contributed by atoms with Crippen molar-refractivity contribution in [1.29, 1.82) is 0 Å². The number of hydrogen-bond donors (Lipinski definition) is 1. The Morgan fingerprint density at radius 1 is 0.933 bits per heavy atom. The van der Waals surface area contributed by atoms with Crippen LogP contribution < -0.4 is 0 Å². The molecule has 160 valence electrons. The lowest BCUT2D eigenvalue weighted by molar-refractivity contribution is -0.137. The summed E-state index contributed by atoms with van der Waals surface area (Å²) in [5.74, 6) is -0.328. The van der Waals surface area contributed by atoms with Crippen molar-refractivity contribution >= 4 is 24.1 Å². The molecule has 0 bridgehead atoms. The third-order valence-corrected chi connectivity index (χ3v) is 4.30. The predicted octanol–water partition coefficient (Wildman–Crippen LogP) is 6.29. The van der Waals surface area contributed by atoms with Gasteiger partial charge in [-0.1, -0.05) is 76.2 Å². The summed E-state index contributed by atoms with van der Waals surface area (Å²) in [5, 5.41) is 8.66. The molecular formula is C26H32O4. The molecule has 2 aromatic rings. The van der Waals surface area contributed by atoms with Crippen LogP contribution in [0.5, 0.6) is 0 Å². The van der Waals surface area contributed by atoms with Crippen LogP contribution in [0.4, 0.5) is 0 Å². The van der Waals surface area contributed by atoms with Crippen molar-refractivity contribution in [2.24, 2.45) is 0 Å². The number of ether oxygens (including phenoxy) is 1. The van der Waals surface area contributed by atoms with Crippen LogP contribution in [0.25, 0.3) is 12.2 Å². The standard InChI is InChI=1S/C15H20O2.C11H12O2/c1-10(2)13-6-5-12(7-8-15(16)17)14(9-13)11(3)4;1-2-13-11(12)9-8-10-6-4-3-5-7-10/h5-11H,1-4H3,(H,16,17);3-9H,2H2,1H3/b8-7+;9-8+. The van der Waals surface area contributed by atoms with Gasteiger partial charge >= 0.3 is 11.9 Å². The molecule has 2 rings (SSSR count). The molecule has 0 spiro atoms. The maximum atomic E-state index is 10.9. The van der Waals surface area contributed by atoms with E-state index in [2.05, 4.69) is 39.8 Å². The maximum Gasteiger partial charge on any atom is 0.330 e. The first kappa shape index (κ1) is 24.9. The predicted molar refractivity (Wildman–Crippen MR) is 123 cm³/mol. The first-order valence-electron chi connectivity index (χ1n) is 10.2. The largest absolute Gasteiger partial charge is 0.478 e. The molecule has 0 heterocycles. The fourth-order valence-electron chi connectivity index (χ4n) is 2.68. The number of aliphatic carboxylic acids is 1. The third kappa shape index (κ3) is 9.37. The molecule has 0 aliphatic rings. The van der Waals surface area contributed by atoms with Gasteiger partial charge in [-0.3, -0.25) is 0 Å². The Hall–Kier alpha value is -3.14. The average Bonchev–Trinajstić information content (AvgIpc) is 2.72. The minimum atomic E-state index is -0.910. The van der Waals surface area contributed by atoms with E-state index in [-0.39, 0.29) is 5.97 Å². The lowest BCUT2D eigenvalue weighted by Gasteiger charge is -2.14. The molecule has 0 saturated heterocycles. The second kappa shape index (κ2) is 13.2. The molecule has 0 radical (unpaired) electrons. The molecule has 1 N–H and O–H groups in total. The van der Waals surface area contributed by atoms with Crippen LogP contribution in [-0.4, -0.2) is 23.7 Å². The Labute approximate surface area is 179 Å². The zero-order valence-corrected chi connectivity index (χ0v) is 18.5. The maximum absolute atomic E-state index is 10.9. The third-order valence-electron chi connectivity index (χ3n) is 4.30. The molecule has 0 saturated carbocycles. The second-order valence-electron chi connectivity index (χ2n) is 7.37. The Morgan fingerprint density at radius 2 is 1.60 bits per heavy atom. The van der Waals surface area contributed by atoms with Crippen molar-refractivity contribution < 1.29 is 19.4 Å². The van der Waals surface area contributed by atoms with Crippen LogP contribution in [0.15, 0.2) is 60.7 Å². The highest BCUT2D eigenvalue weighted by atomic mass is 16.5. The molecule has 0 atom stereocenters. The molecular weight excluding hydrogens is 376 g/mol. The molecule has 0 amide bonds. The molecule has 2 aromatic carbocycles. The summed E-state index contributed by atoms with van der Waals surface area (Å²) >= 11 is 0. The van der Waals surface area contributed by atoms with Crippen molar-refractivity contribution in [3.05, 3.63) is 82.9 Å². The van der Waals surface area contributed by atoms with Gasteiger partial charge in [-0.05, 0) is 53.2 Å². The molecule has 4 nitrogen and oxygen atoms in total. The first-order chi connectivity index (χ1) is 14.2. The highest BCUT2D eigenvalue weighted by Gasteiger charge is 2.08. The molecule has 0 aromatic heterocycles. The summed E-state index contributed by atoms with van der Waals surface area (Å²) in [4.78, 5) is 21.4. The van der Waals surface area contributed by atoms with Crippen LogP contribution in [-0.2, 0) is 14.3 Å². The minimum absolute atomic E-state index is 0.300. The number of carbonyl (C=O) groups excluding carboxylic acids is 1. The molecule has 30 heavy (non-hydrogen) atoms. The second-order valence-corrected chi connectivity index (χ2v) is 7.37. The van der Waals surface area contributed by atoms with E-state index in [4.69, 9.17) is 9.84 Å². The van der Waals surface area contributed by atoms with Crippen molar-refractivity contribution in [2.45, 2.75) is 46.5 Å².